The zero-order valence-electron chi connectivity index (χ0n) is 14.1. The van der Waals surface area contributed by atoms with Crippen LogP contribution in [0.3, 0.4) is 0 Å². The summed E-state index contributed by atoms with van der Waals surface area (Å²) < 4.78 is 10.6. The Morgan fingerprint density at radius 3 is 2.29 bits per heavy atom. The molecule has 2 atom stereocenters. The third kappa shape index (κ3) is 4.61. The van der Waals surface area contributed by atoms with Gasteiger partial charge in [-0.25, -0.2) is 0 Å². The minimum atomic E-state index is -0.718. The normalized spacial score (nSPS) is 15.6. The maximum absolute atomic E-state index is 10.4. The number of ether oxygens (including phenoxy) is 2. The van der Waals surface area contributed by atoms with E-state index in [2.05, 4.69) is 12.2 Å². The van der Waals surface area contributed by atoms with Crippen LogP contribution >= 0.6 is 0 Å². The number of benzene rings is 1. The number of methoxy groups -OCH3 is 2. The van der Waals surface area contributed by atoms with Gasteiger partial charge in [0.25, 0.3) is 0 Å². The summed E-state index contributed by atoms with van der Waals surface area (Å²) in [5, 5.41) is 13.8. The van der Waals surface area contributed by atoms with Gasteiger partial charge in [-0.05, 0) is 37.0 Å². The molecular weight excluding hydrogens is 266 g/mol. The van der Waals surface area contributed by atoms with Crippen molar-refractivity contribution in [2.45, 2.75) is 45.8 Å². The minimum absolute atomic E-state index is 0.176. The Balaban J connectivity index is 2.85. The maximum Gasteiger partial charge on any atom is 0.161 e. The first-order valence-corrected chi connectivity index (χ1v) is 7.53. The quantitative estimate of drug-likeness (QED) is 0.773. The van der Waals surface area contributed by atoms with Crippen LogP contribution in [-0.2, 0) is 0 Å². The molecule has 0 radical (unpaired) electrons. The van der Waals surface area contributed by atoms with E-state index in [0.29, 0.717) is 6.54 Å². The van der Waals surface area contributed by atoms with Crippen molar-refractivity contribution in [3.63, 3.8) is 0 Å². The van der Waals surface area contributed by atoms with Crippen LogP contribution in [0.2, 0.25) is 0 Å². The molecule has 0 aromatic heterocycles. The first kappa shape index (κ1) is 17.8. The number of aliphatic hydroxyl groups is 1. The molecule has 21 heavy (non-hydrogen) atoms. The van der Waals surface area contributed by atoms with Crippen molar-refractivity contribution < 1.29 is 14.6 Å². The van der Waals surface area contributed by atoms with Crippen LogP contribution in [0.4, 0.5) is 0 Å². The summed E-state index contributed by atoms with van der Waals surface area (Å²) >= 11 is 0. The summed E-state index contributed by atoms with van der Waals surface area (Å²) in [6, 6.07) is 6.12. The topological polar surface area (TPSA) is 50.7 Å². The van der Waals surface area contributed by atoms with Crippen LogP contribution in [0, 0.1) is 5.92 Å². The summed E-state index contributed by atoms with van der Waals surface area (Å²) in [7, 11) is 3.27. The summed E-state index contributed by atoms with van der Waals surface area (Å²) in [6.07, 6.45) is 0.934. The Hall–Kier alpha value is -1.26. The van der Waals surface area contributed by atoms with Crippen LogP contribution in [0.1, 0.15) is 45.7 Å². The molecule has 2 unspecified atom stereocenters. The van der Waals surface area contributed by atoms with Gasteiger partial charge in [-0.1, -0.05) is 26.8 Å². The minimum Gasteiger partial charge on any atom is -0.493 e. The van der Waals surface area contributed by atoms with Crippen molar-refractivity contribution in [2.75, 3.05) is 20.8 Å². The van der Waals surface area contributed by atoms with Gasteiger partial charge in [0.1, 0.15) is 0 Å². The molecule has 0 saturated carbocycles. The maximum atomic E-state index is 10.4. The second-order valence-electron chi connectivity index (χ2n) is 5.97. The van der Waals surface area contributed by atoms with Gasteiger partial charge >= 0.3 is 0 Å². The van der Waals surface area contributed by atoms with Gasteiger partial charge in [-0.15, -0.1) is 0 Å². The second kappa shape index (κ2) is 7.66. The molecule has 4 nitrogen and oxygen atoms in total. The average Bonchev–Trinajstić information content (AvgIpc) is 2.47. The molecule has 4 heteroatoms. The van der Waals surface area contributed by atoms with Gasteiger partial charge in [0, 0.05) is 12.6 Å². The van der Waals surface area contributed by atoms with Crippen molar-refractivity contribution in [3.8, 4) is 11.5 Å². The van der Waals surface area contributed by atoms with Crippen LogP contribution in [-0.4, -0.2) is 31.5 Å². The summed E-state index contributed by atoms with van der Waals surface area (Å²) in [5.41, 5.74) is 0.416. The van der Waals surface area contributed by atoms with Crippen molar-refractivity contribution in [2.24, 2.45) is 5.92 Å². The first-order chi connectivity index (χ1) is 9.85. The predicted octanol–water partition coefficient (Wildman–Crippen LogP) is 3.15. The van der Waals surface area contributed by atoms with E-state index in [-0.39, 0.29) is 12.0 Å². The fraction of sp³-hybridized carbons (Fsp3) is 0.647. The van der Waals surface area contributed by atoms with Gasteiger partial charge in [0.2, 0.25) is 0 Å². The molecule has 0 aliphatic carbocycles. The lowest BCUT2D eigenvalue weighted by Gasteiger charge is -2.30. The highest BCUT2D eigenvalue weighted by atomic mass is 16.5. The smallest absolute Gasteiger partial charge is 0.161 e. The predicted molar refractivity (Wildman–Crippen MR) is 86.0 cm³/mol. The van der Waals surface area contributed by atoms with Gasteiger partial charge < -0.3 is 19.9 Å². The molecule has 0 aliphatic heterocycles. The highest BCUT2D eigenvalue weighted by Crippen LogP contribution is 2.31. The fourth-order valence-electron chi connectivity index (χ4n) is 2.10. The van der Waals surface area contributed by atoms with E-state index in [1.54, 1.807) is 14.2 Å². The SMILES string of the molecule is CCC(NCC(C)(O)C(C)C)c1ccc(OC)c(OC)c1. The van der Waals surface area contributed by atoms with Crippen molar-refractivity contribution >= 4 is 0 Å². The largest absolute Gasteiger partial charge is 0.493 e. The lowest BCUT2D eigenvalue weighted by molar-refractivity contribution is 0.0116. The lowest BCUT2D eigenvalue weighted by atomic mass is 9.91. The third-order valence-corrected chi connectivity index (χ3v) is 4.17. The molecule has 0 fully saturated rings. The molecule has 0 bridgehead atoms. The van der Waals surface area contributed by atoms with E-state index < -0.39 is 5.60 Å². The van der Waals surface area contributed by atoms with Gasteiger partial charge in [0.15, 0.2) is 11.5 Å². The average molecular weight is 295 g/mol. The molecule has 1 rings (SSSR count). The van der Waals surface area contributed by atoms with Crippen LogP contribution in [0.15, 0.2) is 18.2 Å². The molecule has 0 heterocycles. The van der Waals surface area contributed by atoms with E-state index in [1.807, 2.05) is 39.0 Å². The third-order valence-electron chi connectivity index (χ3n) is 4.17. The highest BCUT2D eigenvalue weighted by Gasteiger charge is 2.25. The number of nitrogens with one attached hydrogen (secondary N) is 1. The van der Waals surface area contributed by atoms with Crippen molar-refractivity contribution in [1.82, 2.24) is 5.32 Å². The van der Waals surface area contributed by atoms with E-state index in [1.165, 1.54) is 0 Å². The Morgan fingerprint density at radius 2 is 1.81 bits per heavy atom. The standard InChI is InChI=1S/C17H29NO3/c1-7-14(18-11-17(4,19)12(2)3)13-8-9-15(20-5)16(10-13)21-6/h8-10,12,14,18-19H,7,11H2,1-6H3. The number of hydrogen-bond acceptors (Lipinski definition) is 4. The Kier molecular flexibility index (Phi) is 6.49. The van der Waals surface area contributed by atoms with E-state index in [9.17, 15) is 5.11 Å². The molecular formula is C17H29NO3. The van der Waals surface area contributed by atoms with Gasteiger partial charge in [-0.2, -0.15) is 0 Å². The molecule has 0 saturated heterocycles. The Labute approximate surface area is 128 Å². The zero-order valence-corrected chi connectivity index (χ0v) is 14.1. The first-order valence-electron chi connectivity index (χ1n) is 7.53. The summed E-state index contributed by atoms with van der Waals surface area (Å²) in [6.45, 7) is 8.60. The molecule has 120 valence electrons. The molecule has 1 aromatic carbocycles. The van der Waals surface area contributed by atoms with Gasteiger partial charge in [0.05, 0.1) is 19.8 Å². The van der Waals surface area contributed by atoms with Crippen molar-refractivity contribution in [3.05, 3.63) is 23.8 Å². The van der Waals surface area contributed by atoms with E-state index >= 15 is 0 Å². The summed E-state index contributed by atoms with van der Waals surface area (Å²) in [5.74, 6) is 1.66. The second-order valence-corrected chi connectivity index (χ2v) is 5.97. The lowest BCUT2D eigenvalue weighted by Crippen LogP contribution is -2.43. The van der Waals surface area contributed by atoms with E-state index in [4.69, 9.17) is 9.47 Å². The van der Waals surface area contributed by atoms with Crippen LogP contribution < -0.4 is 14.8 Å². The zero-order chi connectivity index (χ0) is 16.0. The molecule has 2 N–H and O–H groups in total. The molecule has 0 aliphatic rings. The summed E-state index contributed by atoms with van der Waals surface area (Å²) in [4.78, 5) is 0. The van der Waals surface area contributed by atoms with Crippen LogP contribution in [0.5, 0.6) is 11.5 Å². The Bertz CT molecular complexity index is 444. The highest BCUT2D eigenvalue weighted by molar-refractivity contribution is 5.43. The van der Waals surface area contributed by atoms with E-state index in [0.717, 1.165) is 23.5 Å². The molecule has 0 amide bonds. The number of rotatable bonds is 8. The van der Waals surface area contributed by atoms with Crippen LogP contribution in [0.25, 0.3) is 0 Å². The molecule has 0 spiro atoms. The monoisotopic (exact) mass is 295 g/mol. The number of hydrogen-bond donors (Lipinski definition) is 2. The Morgan fingerprint density at radius 1 is 1.19 bits per heavy atom. The fourth-order valence-corrected chi connectivity index (χ4v) is 2.10. The van der Waals surface area contributed by atoms with Gasteiger partial charge in [-0.3, -0.25) is 0 Å². The van der Waals surface area contributed by atoms with Crippen molar-refractivity contribution in [1.29, 1.82) is 0 Å². The molecule has 1 aromatic rings.